The van der Waals surface area contributed by atoms with E-state index in [4.69, 9.17) is 9.57 Å². The third-order valence-corrected chi connectivity index (χ3v) is 7.45. The van der Waals surface area contributed by atoms with Crippen LogP contribution in [-0.4, -0.2) is 37.2 Å². The summed E-state index contributed by atoms with van der Waals surface area (Å²) in [6.07, 6.45) is 29.1. The summed E-state index contributed by atoms with van der Waals surface area (Å²) < 4.78 is 5.96. The summed E-state index contributed by atoms with van der Waals surface area (Å²) in [5.74, 6) is 0.00568. The van der Waals surface area contributed by atoms with E-state index in [9.17, 15) is 9.59 Å². The summed E-state index contributed by atoms with van der Waals surface area (Å²) in [7, 11) is 3.15. The van der Waals surface area contributed by atoms with E-state index >= 15 is 0 Å². The summed E-state index contributed by atoms with van der Waals surface area (Å²) in [6, 6.07) is 0. The molecule has 0 radical (unpaired) electrons. The molecule has 0 atom stereocenters. The summed E-state index contributed by atoms with van der Waals surface area (Å²) in [5, 5.41) is 1.29. The number of hydrogen-bond acceptors (Lipinski definition) is 4. The topological polar surface area (TPSA) is 55.8 Å². The van der Waals surface area contributed by atoms with E-state index in [1.165, 1.54) is 115 Å². The second kappa shape index (κ2) is 27.9. The Morgan fingerprint density at radius 2 is 0.946 bits per heavy atom. The average molecular weight is 526 g/mol. The van der Waals surface area contributed by atoms with Crippen molar-refractivity contribution < 1.29 is 19.2 Å². The number of carbonyl (C=O) groups excluding carboxylic acids is 2. The second-order valence-corrected chi connectivity index (χ2v) is 11.0. The molecule has 37 heavy (non-hydrogen) atoms. The van der Waals surface area contributed by atoms with Crippen LogP contribution in [0.15, 0.2) is 0 Å². The lowest BCUT2D eigenvalue weighted by atomic mass is 10.0. The van der Waals surface area contributed by atoms with Crippen LogP contribution >= 0.6 is 0 Å². The van der Waals surface area contributed by atoms with Crippen molar-refractivity contribution in [1.29, 1.82) is 0 Å². The standard InChI is InChI=1S/C32H63NO4/c1-5-7-9-11-13-15-18-22-26-30(27-23-19-16-14-12-10-8-6-2)37-32(35)29-25-21-17-20-24-28-31(34)33(3)36-4/h30H,5-29H2,1-4H3. The lowest BCUT2D eigenvalue weighted by Gasteiger charge is -2.18. The van der Waals surface area contributed by atoms with Gasteiger partial charge in [0, 0.05) is 19.9 Å². The van der Waals surface area contributed by atoms with Crippen LogP contribution in [0.1, 0.15) is 174 Å². The van der Waals surface area contributed by atoms with Crippen molar-refractivity contribution in [3.8, 4) is 0 Å². The molecule has 0 bridgehead atoms. The maximum atomic E-state index is 12.5. The fourth-order valence-electron chi connectivity index (χ4n) is 4.85. The number of nitrogens with zero attached hydrogens (tertiary/aromatic N) is 1. The molecule has 0 aromatic heterocycles. The molecule has 0 saturated carbocycles. The zero-order valence-electron chi connectivity index (χ0n) is 25.3. The van der Waals surface area contributed by atoms with Gasteiger partial charge in [0.1, 0.15) is 6.10 Å². The molecular weight excluding hydrogens is 462 g/mol. The fourth-order valence-corrected chi connectivity index (χ4v) is 4.85. The minimum absolute atomic E-state index is 0.0129. The molecule has 0 fully saturated rings. The van der Waals surface area contributed by atoms with Crippen LogP contribution in [0.25, 0.3) is 0 Å². The van der Waals surface area contributed by atoms with Crippen LogP contribution in [0.2, 0.25) is 0 Å². The minimum atomic E-state index is -0.0129. The summed E-state index contributed by atoms with van der Waals surface area (Å²) >= 11 is 0. The molecule has 0 aromatic carbocycles. The Bertz CT molecular complexity index is 491. The largest absolute Gasteiger partial charge is 0.462 e. The molecule has 1 amide bonds. The maximum absolute atomic E-state index is 12.5. The molecule has 0 rings (SSSR count). The highest BCUT2D eigenvalue weighted by atomic mass is 16.7. The van der Waals surface area contributed by atoms with Crippen molar-refractivity contribution >= 4 is 11.9 Å². The molecule has 0 unspecified atom stereocenters. The van der Waals surface area contributed by atoms with Crippen LogP contribution < -0.4 is 0 Å². The predicted molar refractivity (Wildman–Crippen MR) is 156 cm³/mol. The number of hydrogen-bond donors (Lipinski definition) is 0. The smallest absolute Gasteiger partial charge is 0.306 e. The monoisotopic (exact) mass is 525 g/mol. The van der Waals surface area contributed by atoms with Gasteiger partial charge in [-0.25, -0.2) is 5.06 Å². The number of ether oxygens (including phenoxy) is 1. The third kappa shape index (κ3) is 25.0. The van der Waals surface area contributed by atoms with Gasteiger partial charge in [0.15, 0.2) is 0 Å². The Morgan fingerprint density at radius 3 is 1.38 bits per heavy atom. The SMILES string of the molecule is CCCCCCCCCCC(CCCCCCCCCC)OC(=O)CCCCCCCC(=O)N(C)OC. The molecule has 0 heterocycles. The van der Waals surface area contributed by atoms with Crippen molar-refractivity contribution in [1.82, 2.24) is 5.06 Å². The van der Waals surface area contributed by atoms with E-state index in [2.05, 4.69) is 13.8 Å². The molecule has 0 N–H and O–H groups in total. The predicted octanol–water partition coefficient (Wildman–Crippen LogP) is 9.71. The van der Waals surface area contributed by atoms with E-state index in [0.29, 0.717) is 12.8 Å². The van der Waals surface area contributed by atoms with Crippen molar-refractivity contribution in [2.75, 3.05) is 14.2 Å². The highest BCUT2D eigenvalue weighted by molar-refractivity contribution is 5.74. The normalized spacial score (nSPS) is 11.3. The molecular formula is C32H63NO4. The molecule has 0 aromatic rings. The lowest BCUT2D eigenvalue weighted by molar-refractivity contribution is -0.168. The van der Waals surface area contributed by atoms with Gasteiger partial charge in [0.2, 0.25) is 5.91 Å². The van der Waals surface area contributed by atoms with Crippen LogP contribution in [0.4, 0.5) is 0 Å². The van der Waals surface area contributed by atoms with Crippen molar-refractivity contribution in [3.63, 3.8) is 0 Å². The third-order valence-electron chi connectivity index (χ3n) is 7.45. The zero-order chi connectivity index (χ0) is 27.4. The Balaban J connectivity index is 4.10. The highest BCUT2D eigenvalue weighted by Crippen LogP contribution is 2.19. The van der Waals surface area contributed by atoms with Crippen LogP contribution in [0.5, 0.6) is 0 Å². The first-order valence-electron chi connectivity index (χ1n) is 16.0. The van der Waals surface area contributed by atoms with Gasteiger partial charge in [-0.15, -0.1) is 0 Å². The van der Waals surface area contributed by atoms with Crippen molar-refractivity contribution in [3.05, 3.63) is 0 Å². The van der Waals surface area contributed by atoms with Gasteiger partial charge < -0.3 is 4.74 Å². The van der Waals surface area contributed by atoms with Gasteiger partial charge in [-0.3, -0.25) is 14.4 Å². The Kier molecular flexibility index (Phi) is 27.1. The summed E-state index contributed by atoms with van der Waals surface area (Å²) in [4.78, 5) is 29.2. The number of hydroxylamine groups is 2. The van der Waals surface area contributed by atoms with Crippen molar-refractivity contribution in [2.24, 2.45) is 0 Å². The Morgan fingerprint density at radius 1 is 0.568 bits per heavy atom. The van der Waals surface area contributed by atoms with E-state index in [-0.39, 0.29) is 18.0 Å². The molecule has 220 valence electrons. The van der Waals surface area contributed by atoms with Gasteiger partial charge in [-0.05, 0) is 38.5 Å². The maximum Gasteiger partial charge on any atom is 0.306 e. The highest BCUT2D eigenvalue weighted by Gasteiger charge is 2.14. The van der Waals surface area contributed by atoms with E-state index in [1.54, 1.807) is 7.05 Å². The van der Waals surface area contributed by atoms with Crippen molar-refractivity contribution in [2.45, 2.75) is 180 Å². The molecule has 0 aliphatic rings. The summed E-state index contributed by atoms with van der Waals surface area (Å²) in [5.41, 5.74) is 0. The lowest BCUT2D eigenvalue weighted by Crippen LogP contribution is -2.24. The van der Waals surface area contributed by atoms with Gasteiger partial charge >= 0.3 is 5.97 Å². The Hall–Kier alpha value is -1.10. The number of amides is 1. The molecule has 5 nitrogen and oxygen atoms in total. The van der Waals surface area contributed by atoms with E-state index in [1.807, 2.05) is 0 Å². The minimum Gasteiger partial charge on any atom is -0.462 e. The molecule has 0 spiro atoms. The fraction of sp³-hybridized carbons (Fsp3) is 0.938. The van der Waals surface area contributed by atoms with Crippen LogP contribution in [-0.2, 0) is 19.2 Å². The van der Waals surface area contributed by atoms with Gasteiger partial charge in [0.25, 0.3) is 0 Å². The molecule has 5 heteroatoms. The summed E-state index contributed by atoms with van der Waals surface area (Å²) in [6.45, 7) is 4.53. The molecule has 0 aliphatic carbocycles. The Labute approximate surface area is 230 Å². The first-order chi connectivity index (χ1) is 18.0. The van der Waals surface area contributed by atoms with Crippen LogP contribution in [0.3, 0.4) is 0 Å². The first-order valence-corrected chi connectivity index (χ1v) is 16.0. The van der Waals surface area contributed by atoms with Gasteiger partial charge in [0.05, 0.1) is 7.11 Å². The zero-order valence-corrected chi connectivity index (χ0v) is 25.3. The average Bonchev–Trinajstić information content (AvgIpc) is 2.90. The van der Waals surface area contributed by atoms with E-state index in [0.717, 1.165) is 44.9 Å². The van der Waals surface area contributed by atoms with E-state index < -0.39 is 0 Å². The molecule has 0 saturated heterocycles. The van der Waals surface area contributed by atoms with Crippen LogP contribution in [0, 0.1) is 0 Å². The quantitative estimate of drug-likeness (QED) is 0.0579. The number of rotatable bonds is 28. The molecule has 0 aliphatic heterocycles. The van der Waals surface area contributed by atoms with Gasteiger partial charge in [-0.1, -0.05) is 123 Å². The number of carbonyl (C=O) groups is 2. The number of esters is 1. The second-order valence-electron chi connectivity index (χ2n) is 11.0. The van der Waals surface area contributed by atoms with Gasteiger partial charge in [-0.2, -0.15) is 0 Å². The number of unbranched alkanes of at least 4 members (excludes halogenated alkanes) is 18. The first kappa shape index (κ1) is 35.9.